The number of hydrogen-bond acceptors (Lipinski definition) is 3. The van der Waals surface area contributed by atoms with Crippen LogP contribution in [0.5, 0.6) is 0 Å². The molecule has 0 radical (unpaired) electrons. The molecule has 0 amide bonds. The number of rotatable bonds is 4. The van der Waals surface area contributed by atoms with Gasteiger partial charge in [-0.3, -0.25) is 9.58 Å². The summed E-state index contributed by atoms with van der Waals surface area (Å²) in [5.74, 6) is 0.683. The molecule has 1 saturated heterocycles. The van der Waals surface area contributed by atoms with Gasteiger partial charge in [-0.25, -0.2) is 0 Å². The summed E-state index contributed by atoms with van der Waals surface area (Å²) in [6.45, 7) is 6.64. The maximum Gasteiger partial charge on any atom is 0.0537 e. The van der Waals surface area contributed by atoms with Gasteiger partial charge in [0.15, 0.2) is 0 Å². The molecule has 1 N–H and O–H groups in total. The molecule has 0 saturated carbocycles. The van der Waals surface area contributed by atoms with Crippen LogP contribution in [0.25, 0.3) is 0 Å². The highest BCUT2D eigenvalue weighted by molar-refractivity contribution is 5.13. The largest absolute Gasteiger partial charge is 0.319 e. The van der Waals surface area contributed by atoms with Gasteiger partial charge in [-0.15, -0.1) is 0 Å². The molecule has 0 aliphatic carbocycles. The summed E-state index contributed by atoms with van der Waals surface area (Å²) in [6, 6.07) is 0.940. The van der Waals surface area contributed by atoms with Crippen molar-refractivity contribution in [2.45, 2.75) is 45.2 Å². The zero-order chi connectivity index (χ0) is 13.8. The van der Waals surface area contributed by atoms with Gasteiger partial charge >= 0.3 is 0 Å². The molecule has 1 aliphatic rings. The lowest BCUT2D eigenvalue weighted by Gasteiger charge is -2.31. The maximum atomic E-state index is 4.52. The average Bonchev–Trinajstić information content (AvgIpc) is 2.77. The van der Waals surface area contributed by atoms with Gasteiger partial charge in [0, 0.05) is 23.8 Å². The lowest BCUT2D eigenvalue weighted by atomic mass is 9.91. The Morgan fingerprint density at radius 3 is 2.84 bits per heavy atom. The van der Waals surface area contributed by atoms with E-state index in [0.29, 0.717) is 18.0 Å². The highest BCUT2D eigenvalue weighted by Gasteiger charge is 2.29. The number of hydrogen-bond donors (Lipinski definition) is 1. The molecule has 19 heavy (non-hydrogen) atoms. The van der Waals surface area contributed by atoms with Crippen LogP contribution < -0.4 is 5.32 Å². The third kappa shape index (κ3) is 3.37. The van der Waals surface area contributed by atoms with Crippen LogP contribution in [0.1, 0.15) is 50.8 Å². The standard InChI is InChI=1S/C15H28N4/c1-12(2)19-11-14(10-17-19)15-13(9-16-3)7-5-6-8-18(15)4/h10-13,15-16H,5-9H2,1-4H3. The Balaban J connectivity index is 2.23. The second-order valence-corrected chi connectivity index (χ2v) is 6.09. The van der Waals surface area contributed by atoms with E-state index in [1.165, 1.54) is 31.4 Å². The van der Waals surface area contributed by atoms with Gasteiger partial charge in [0.25, 0.3) is 0 Å². The number of nitrogens with one attached hydrogen (secondary N) is 1. The van der Waals surface area contributed by atoms with Crippen molar-refractivity contribution in [2.75, 3.05) is 27.2 Å². The van der Waals surface area contributed by atoms with Crippen molar-refractivity contribution in [3.05, 3.63) is 18.0 Å². The van der Waals surface area contributed by atoms with Crippen molar-refractivity contribution in [3.8, 4) is 0 Å². The second-order valence-electron chi connectivity index (χ2n) is 6.09. The Morgan fingerprint density at radius 1 is 1.42 bits per heavy atom. The highest BCUT2D eigenvalue weighted by Crippen LogP contribution is 2.33. The van der Waals surface area contributed by atoms with E-state index >= 15 is 0 Å². The summed E-state index contributed by atoms with van der Waals surface area (Å²) in [4.78, 5) is 2.51. The van der Waals surface area contributed by atoms with E-state index in [1.807, 2.05) is 0 Å². The van der Waals surface area contributed by atoms with Crippen molar-refractivity contribution < 1.29 is 0 Å². The molecule has 2 rings (SSSR count). The first-order chi connectivity index (χ1) is 9.13. The zero-order valence-corrected chi connectivity index (χ0v) is 12.8. The van der Waals surface area contributed by atoms with Gasteiger partial charge in [-0.05, 0) is 59.8 Å². The van der Waals surface area contributed by atoms with Crippen LogP contribution in [0.3, 0.4) is 0 Å². The van der Waals surface area contributed by atoms with E-state index < -0.39 is 0 Å². The van der Waals surface area contributed by atoms with Crippen molar-refractivity contribution in [2.24, 2.45) is 5.92 Å². The van der Waals surface area contributed by atoms with Crippen molar-refractivity contribution in [1.82, 2.24) is 20.0 Å². The highest BCUT2D eigenvalue weighted by atomic mass is 15.3. The molecule has 0 bridgehead atoms. The third-order valence-electron chi connectivity index (χ3n) is 4.22. The molecule has 4 heteroatoms. The molecule has 1 aromatic heterocycles. The summed E-state index contributed by atoms with van der Waals surface area (Å²) in [5, 5.41) is 7.88. The predicted molar refractivity (Wildman–Crippen MR) is 79.3 cm³/mol. The quantitative estimate of drug-likeness (QED) is 0.907. The van der Waals surface area contributed by atoms with E-state index in [9.17, 15) is 0 Å². The first-order valence-corrected chi connectivity index (χ1v) is 7.52. The Morgan fingerprint density at radius 2 is 2.21 bits per heavy atom. The minimum atomic E-state index is 0.438. The monoisotopic (exact) mass is 264 g/mol. The molecule has 0 aromatic carbocycles. The molecule has 1 aromatic rings. The second kappa shape index (κ2) is 6.53. The fourth-order valence-corrected chi connectivity index (χ4v) is 3.21. The molecule has 2 atom stereocenters. The Kier molecular flexibility index (Phi) is 4.99. The van der Waals surface area contributed by atoms with Gasteiger partial charge in [0.1, 0.15) is 0 Å². The Bertz CT molecular complexity index is 385. The van der Waals surface area contributed by atoms with E-state index in [0.717, 1.165) is 6.54 Å². The van der Waals surface area contributed by atoms with Crippen LogP contribution in [0.15, 0.2) is 12.4 Å². The molecule has 108 valence electrons. The van der Waals surface area contributed by atoms with E-state index in [1.54, 1.807) is 0 Å². The van der Waals surface area contributed by atoms with Gasteiger partial charge in [0.2, 0.25) is 0 Å². The molecule has 2 heterocycles. The summed E-state index contributed by atoms with van der Waals surface area (Å²) in [5.41, 5.74) is 1.37. The molecule has 2 unspecified atom stereocenters. The summed E-state index contributed by atoms with van der Waals surface area (Å²) < 4.78 is 2.07. The van der Waals surface area contributed by atoms with Crippen molar-refractivity contribution in [1.29, 1.82) is 0 Å². The predicted octanol–water partition coefficient (Wildman–Crippen LogP) is 2.46. The molecule has 4 nitrogen and oxygen atoms in total. The summed E-state index contributed by atoms with van der Waals surface area (Å²) in [6.07, 6.45) is 8.26. The first-order valence-electron chi connectivity index (χ1n) is 7.52. The van der Waals surface area contributed by atoms with Gasteiger partial charge in [-0.1, -0.05) is 6.42 Å². The van der Waals surface area contributed by atoms with Crippen molar-refractivity contribution >= 4 is 0 Å². The topological polar surface area (TPSA) is 33.1 Å². The Labute approximate surface area is 117 Å². The summed E-state index contributed by atoms with van der Waals surface area (Å²) >= 11 is 0. The van der Waals surface area contributed by atoms with Crippen LogP contribution in [-0.2, 0) is 0 Å². The fourth-order valence-electron chi connectivity index (χ4n) is 3.21. The normalized spacial score (nSPS) is 25.7. The molecular formula is C15H28N4. The van der Waals surface area contributed by atoms with Gasteiger partial charge < -0.3 is 5.32 Å². The van der Waals surface area contributed by atoms with Crippen molar-refractivity contribution in [3.63, 3.8) is 0 Å². The van der Waals surface area contributed by atoms with E-state index in [2.05, 4.69) is 60.3 Å². The lowest BCUT2D eigenvalue weighted by Crippen LogP contribution is -2.33. The average molecular weight is 264 g/mol. The molecule has 1 aliphatic heterocycles. The van der Waals surface area contributed by atoms with E-state index in [4.69, 9.17) is 0 Å². The van der Waals surface area contributed by atoms with Gasteiger partial charge in [-0.2, -0.15) is 5.10 Å². The first kappa shape index (κ1) is 14.5. The van der Waals surface area contributed by atoms with Crippen LogP contribution in [0.2, 0.25) is 0 Å². The van der Waals surface area contributed by atoms with Crippen LogP contribution in [0.4, 0.5) is 0 Å². The fraction of sp³-hybridized carbons (Fsp3) is 0.800. The molecular weight excluding hydrogens is 236 g/mol. The third-order valence-corrected chi connectivity index (χ3v) is 4.22. The minimum absolute atomic E-state index is 0.438. The minimum Gasteiger partial charge on any atom is -0.319 e. The van der Waals surface area contributed by atoms with Crippen LogP contribution in [-0.4, -0.2) is 41.9 Å². The van der Waals surface area contributed by atoms with Gasteiger partial charge in [0.05, 0.1) is 6.20 Å². The summed E-state index contributed by atoms with van der Waals surface area (Å²) in [7, 11) is 4.31. The number of likely N-dealkylation sites (tertiary alicyclic amines) is 1. The molecule has 1 fully saturated rings. The maximum absolute atomic E-state index is 4.52. The SMILES string of the molecule is CNCC1CCCCN(C)C1c1cnn(C(C)C)c1. The molecule has 0 spiro atoms. The van der Waals surface area contributed by atoms with Crippen LogP contribution >= 0.6 is 0 Å². The van der Waals surface area contributed by atoms with E-state index in [-0.39, 0.29) is 0 Å². The zero-order valence-electron chi connectivity index (χ0n) is 12.8. The lowest BCUT2D eigenvalue weighted by molar-refractivity contribution is 0.191. The smallest absolute Gasteiger partial charge is 0.0537 e. The number of aromatic nitrogens is 2. The number of nitrogens with zero attached hydrogens (tertiary/aromatic N) is 3. The Hall–Kier alpha value is -0.870. The van der Waals surface area contributed by atoms with Crippen LogP contribution in [0, 0.1) is 5.92 Å².